The molecule has 4 atom stereocenters. The first-order chi connectivity index (χ1) is 14.4. The van der Waals surface area contributed by atoms with Gasteiger partial charge in [-0.05, 0) is 50.6 Å². The molecule has 0 unspecified atom stereocenters. The Morgan fingerprint density at radius 2 is 1.84 bits per heavy atom. The molecule has 0 aromatic heterocycles. The molecule has 1 aromatic carbocycles. The van der Waals surface area contributed by atoms with E-state index in [1.165, 1.54) is 17.0 Å². The molecule has 11 heteroatoms. The zero-order valence-electron chi connectivity index (χ0n) is 17.1. The number of amides is 1. The van der Waals surface area contributed by atoms with Crippen molar-refractivity contribution in [2.75, 3.05) is 14.1 Å². The summed E-state index contributed by atoms with van der Waals surface area (Å²) in [7, 11) is 3.09. The van der Waals surface area contributed by atoms with Crippen molar-refractivity contribution in [1.82, 2.24) is 4.90 Å². The second-order valence-electron chi connectivity index (χ2n) is 8.38. The van der Waals surface area contributed by atoms with E-state index in [9.17, 15) is 34.8 Å². The summed E-state index contributed by atoms with van der Waals surface area (Å²) in [4.78, 5) is 39.8. The van der Waals surface area contributed by atoms with Crippen LogP contribution in [-0.4, -0.2) is 68.5 Å². The highest BCUT2D eigenvalue weighted by atomic mass is 35.5. The second kappa shape index (κ2) is 7.77. The number of carbonyl (C=O) groups is 3. The zero-order chi connectivity index (χ0) is 23.0. The number of hydrogen-bond acceptors (Lipinski definition) is 8. The van der Waals surface area contributed by atoms with E-state index in [0.717, 1.165) is 0 Å². The number of aliphatic hydroxyl groups excluding tert-OH is 2. The van der Waals surface area contributed by atoms with Crippen LogP contribution in [0.4, 0.5) is 0 Å². The molecular weight excluding hydrogens is 463 g/mol. The average Bonchev–Trinajstić information content (AvgIpc) is 2.67. The summed E-state index contributed by atoms with van der Waals surface area (Å²) in [5.41, 5.74) is 2.00. The van der Waals surface area contributed by atoms with Crippen molar-refractivity contribution in [3.8, 4) is 5.75 Å². The topological polar surface area (TPSA) is 161 Å². The number of nitrogens with zero attached hydrogens (tertiary/aromatic N) is 1. The summed E-state index contributed by atoms with van der Waals surface area (Å²) >= 11 is 6.25. The molecular formula is C21H22Cl2N2O7. The molecule has 6 N–H and O–H groups in total. The van der Waals surface area contributed by atoms with Crippen LogP contribution >= 0.6 is 24.0 Å². The highest BCUT2D eigenvalue weighted by Crippen LogP contribution is 2.53. The molecule has 0 heterocycles. The average molecular weight is 485 g/mol. The summed E-state index contributed by atoms with van der Waals surface area (Å²) in [5, 5.41) is 43.6. The molecule has 1 saturated carbocycles. The molecule has 0 aliphatic heterocycles. The number of phenolic OH excluding ortho intramolecular Hbond substituents is 1. The van der Waals surface area contributed by atoms with E-state index in [4.69, 9.17) is 17.3 Å². The van der Waals surface area contributed by atoms with Crippen LogP contribution in [0.3, 0.4) is 0 Å². The van der Waals surface area contributed by atoms with Gasteiger partial charge in [-0.2, -0.15) is 0 Å². The molecule has 0 spiro atoms. The van der Waals surface area contributed by atoms with E-state index < -0.39 is 58.0 Å². The highest BCUT2D eigenvalue weighted by molar-refractivity contribution is 6.32. The maximum absolute atomic E-state index is 13.5. The maximum atomic E-state index is 13.5. The van der Waals surface area contributed by atoms with Gasteiger partial charge in [-0.1, -0.05) is 11.6 Å². The fourth-order valence-corrected chi connectivity index (χ4v) is 5.44. The second-order valence-corrected chi connectivity index (χ2v) is 8.79. The van der Waals surface area contributed by atoms with Crippen LogP contribution in [0.5, 0.6) is 5.75 Å². The molecule has 1 amide bonds. The minimum absolute atomic E-state index is 0. The first-order valence-corrected chi connectivity index (χ1v) is 9.95. The Balaban J connectivity index is 0.00000289. The van der Waals surface area contributed by atoms with Crippen molar-refractivity contribution in [3.63, 3.8) is 0 Å². The summed E-state index contributed by atoms with van der Waals surface area (Å²) in [6, 6.07) is 1.62. The maximum Gasteiger partial charge on any atom is 0.255 e. The van der Waals surface area contributed by atoms with Crippen LogP contribution in [0, 0.1) is 11.8 Å². The molecule has 0 radical (unpaired) electrons. The van der Waals surface area contributed by atoms with Crippen LogP contribution in [0.15, 0.2) is 29.0 Å². The Kier molecular flexibility index (Phi) is 5.84. The van der Waals surface area contributed by atoms with E-state index in [-0.39, 0.29) is 47.2 Å². The molecule has 4 rings (SSSR count). The standard InChI is InChI=1S/C21H21ClN2O7.ClH/c1-24(2)15-9-6-7-5-8-10(22)3-4-11(25)13(8)16(26)12(7)18(28)21(9,31)19(29)14(17(15)27)20(23)30;/h3-4,7,9,15,25-26,29,31H,5-6H2,1-2H3,(H2,23,30);1H/t7-,9-,15-,21-;/m0./s1. The number of fused-ring (bicyclic) bond motifs is 3. The van der Waals surface area contributed by atoms with Crippen LogP contribution in [0.2, 0.25) is 5.02 Å². The molecule has 172 valence electrons. The van der Waals surface area contributed by atoms with Crippen molar-refractivity contribution < 1.29 is 34.8 Å². The minimum Gasteiger partial charge on any atom is -0.508 e. The Morgan fingerprint density at radius 1 is 1.22 bits per heavy atom. The molecule has 0 saturated heterocycles. The smallest absolute Gasteiger partial charge is 0.255 e. The van der Waals surface area contributed by atoms with Gasteiger partial charge in [0.05, 0.1) is 11.6 Å². The summed E-state index contributed by atoms with van der Waals surface area (Å²) in [6.07, 6.45) is 0.194. The third-order valence-electron chi connectivity index (χ3n) is 6.55. The number of likely N-dealkylation sites (N-methyl/N-ethyl adjacent to an activating group) is 1. The molecule has 32 heavy (non-hydrogen) atoms. The fraction of sp³-hybridized carbons (Fsp3) is 0.381. The van der Waals surface area contributed by atoms with Crippen molar-refractivity contribution in [2.24, 2.45) is 17.6 Å². The van der Waals surface area contributed by atoms with Crippen LogP contribution in [0.25, 0.3) is 5.76 Å². The Bertz CT molecular complexity index is 1130. The third-order valence-corrected chi connectivity index (χ3v) is 6.90. The Labute approximate surface area is 194 Å². The lowest BCUT2D eigenvalue weighted by molar-refractivity contribution is -0.153. The van der Waals surface area contributed by atoms with Crippen molar-refractivity contribution in [2.45, 2.75) is 24.5 Å². The number of aliphatic hydroxyl groups is 3. The lowest BCUT2D eigenvalue weighted by atomic mass is 9.57. The van der Waals surface area contributed by atoms with Gasteiger partial charge in [-0.25, -0.2) is 0 Å². The normalized spacial score (nSPS) is 29.3. The largest absolute Gasteiger partial charge is 0.508 e. The molecule has 0 bridgehead atoms. The van der Waals surface area contributed by atoms with Gasteiger partial charge < -0.3 is 26.2 Å². The number of carbonyl (C=O) groups excluding carboxylic acids is 3. The Hall–Kier alpha value is -2.59. The number of ketones is 2. The van der Waals surface area contributed by atoms with Crippen molar-refractivity contribution >= 4 is 47.2 Å². The number of rotatable bonds is 2. The first-order valence-electron chi connectivity index (χ1n) is 9.58. The van der Waals surface area contributed by atoms with Crippen molar-refractivity contribution in [3.05, 3.63) is 45.2 Å². The summed E-state index contributed by atoms with van der Waals surface area (Å²) in [5.74, 6) is -6.83. The number of nitrogens with two attached hydrogens (primary N) is 1. The lowest BCUT2D eigenvalue weighted by Gasteiger charge is -2.50. The molecule has 3 aliphatic rings. The monoisotopic (exact) mass is 484 g/mol. The predicted molar refractivity (Wildman–Crippen MR) is 117 cm³/mol. The van der Waals surface area contributed by atoms with Crippen molar-refractivity contribution in [1.29, 1.82) is 0 Å². The number of Topliss-reactive ketones (excluding diaryl/α,β-unsaturated/α-hetero) is 2. The fourth-order valence-electron chi connectivity index (χ4n) is 5.21. The van der Waals surface area contributed by atoms with E-state index >= 15 is 0 Å². The van der Waals surface area contributed by atoms with E-state index in [2.05, 4.69) is 0 Å². The summed E-state index contributed by atoms with van der Waals surface area (Å²) in [6.45, 7) is 0. The molecule has 9 nitrogen and oxygen atoms in total. The molecule has 3 aliphatic carbocycles. The number of hydrogen-bond donors (Lipinski definition) is 5. The van der Waals surface area contributed by atoms with Gasteiger partial charge in [0.25, 0.3) is 5.91 Å². The zero-order valence-corrected chi connectivity index (χ0v) is 18.7. The van der Waals surface area contributed by atoms with Crippen LogP contribution < -0.4 is 5.73 Å². The van der Waals surface area contributed by atoms with Gasteiger partial charge in [0.1, 0.15) is 22.8 Å². The number of halogens is 2. The number of phenols is 1. The Morgan fingerprint density at radius 3 is 2.41 bits per heavy atom. The van der Waals surface area contributed by atoms with Gasteiger partial charge in [0, 0.05) is 16.5 Å². The lowest BCUT2D eigenvalue weighted by Crippen LogP contribution is -2.65. The van der Waals surface area contributed by atoms with Gasteiger partial charge in [0.15, 0.2) is 11.4 Å². The number of aromatic hydroxyl groups is 1. The van der Waals surface area contributed by atoms with Gasteiger partial charge >= 0.3 is 0 Å². The van der Waals surface area contributed by atoms with Gasteiger partial charge in [0.2, 0.25) is 5.78 Å². The first kappa shape index (κ1) is 24.1. The van der Waals surface area contributed by atoms with E-state index in [1.54, 1.807) is 14.1 Å². The van der Waals surface area contributed by atoms with Crippen LogP contribution in [-0.2, 0) is 20.8 Å². The SMILES string of the molecule is CN(C)[C@@H]1C(=O)C(C(N)=O)=C(O)[C@@]2(O)C(=O)C3=C(O)c4c(O)ccc(Cl)c4C[C@H]3C[C@@H]12.Cl. The van der Waals surface area contributed by atoms with Gasteiger partial charge in [-0.15, -0.1) is 12.4 Å². The van der Waals surface area contributed by atoms with E-state index in [1.807, 2.05) is 0 Å². The number of primary amides is 1. The predicted octanol–water partition coefficient (Wildman–Crippen LogP) is 1.04. The quantitative estimate of drug-likeness (QED) is 0.388. The molecule has 1 aromatic rings. The van der Waals surface area contributed by atoms with Crippen LogP contribution in [0.1, 0.15) is 17.5 Å². The summed E-state index contributed by atoms with van der Waals surface area (Å²) < 4.78 is 0. The number of benzene rings is 1. The van der Waals surface area contributed by atoms with Gasteiger partial charge in [-0.3, -0.25) is 19.3 Å². The van der Waals surface area contributed by atoms with E-state index in [0.29, 0.717) is 5.56 Å². The minimum atomic E-state index is -2.64. The third kappa shape index (κ3) is 2.96. The molecule has 1 fully saturated rings. The highest BCUT2D eigenvalue weighted by Gasteiger charge is 2.64.